The summed E-state index contributed by atoms with van der Waals surface area (Å²) >= 11 is 0. The summed E-state index contributed by atoms with van der Waals surface area (Å²) in [6.07, 6.45) is 17.7. The number of para-hydroxylation sites is 2. The highest BCUT2D eigenvalue weighted by molar-refractivity contribution is 6.07. The van der Waals surface area contributed by atoms with E-state index in [4.69, 9.17) is 0 Å². The highest BCUT2D eigenvalue weighted by Gasteiger charge is 2.52. The molecule has 62 heavy (non-hydrogen) atoms. The second-order valence-electron chi connectivity index (χ2n) is 22.9. The standard InChI is InChI=1S/C61H81N/c1-58(2,3)44-54(49-36-30-45(31-37-49)23-15-13-11-12-14-16-25-47-34-35-48-40-41-51(48)43-47)60(7,8)61(9,10)57(59(4,5)6)50-38-32-46(33-39-50)24-21-22-42-62-55-28-19-17-26-52(55)53-27-18-20-29-56(53)62/h17-20,26-39,43,54,57H,11-16,21-25,40-42,44H2,1-10H3. The molecule has 2 unspecified atom stereocenters. The third-order valence-electron chi connectivity index (χ3n) is 15.5. The first-order chi connectivity index (χ1) is 29.5. The summed E-state index contributed by atoms with van der Waals surface area (Å²) < 4.78 is 2.53. The maximum Gasteiger partial charge on any atom is 0.0491 e. The minimum atomic E-state index is 0.0192. The van der Waals surface area contributed by atoms with E-state index in [1.165, 1.54) is 128 Å². The molecule has 1 aliphatic rings. The third kappa shape index (κ3) is 10.6. The molecule has 6 aromatic rings. The number of fused-ring (bicyclic) bond motifs is 4. The molecular formula is C61H81N. The van der Waals surface area contributed by atoms with Crippen LogP contribution in [0.4, 0.5) is 0 Å². The van der Waals surface area contributed by atoms with Crippen molar-refractivity contribution < 1.29 is 0 Å². The van der Waals surface area contributed by atoms with Gasteiger partial charge in [-0.1, -0.05) is 198 Å². The van der Waals surface area contributed by atoms with Gasteiger partial charge in [-0.05, 0) is 149 Å². The lowest BCUT2D eigenvalue weighted by Gasteiger charge is -2.56. The van der Waals surface area contributed by atoms with Crippen LogP contribution in [0.5, 0.6) is 0 Å². The molecule has 2 atom stereocenters. The molecule has 0 spiro atoms. The lowest BCUT2D eigenvalue weighted by molar-refractivity contribution is -0.00424. The van der Waals surface area contributed by atoms with Crippen LogP contribution in [0.3, 0.4) is 0 Å². The number of hydrogen-bond donors (Lipinski definition) is 0. The average molecular weight is 828 g/mol. The van der Waals surface area contributed by atoms with Crippen molar-refractivity contribution >= 4 is 21.8 Å². The Hall–Kier alpha value is -4.10. The first kappa shape index (κ1) is 45.9. The summed E-state index contributed by atoms with van der Waals surface area (Å²) in [6.45, 7) is 26.1. The fourth-order valence-corrected chi connectivity index (χ4v) is 11.6. The maximum absolute atomic E-state index is 2.59. The van der Waals surface area contributed by atoms with E-state index in [1.807, 2.05) is 0 Å². The molecule has 7 rings (SSSR count). The predicted octanol–water partition coefficient (Wildman–Crippen LogP) is 17.4. The Morgan fingerprint density at radius 1 is 0.452 bits per heavy atom. The molecule has 0 amide bonds. The van der Waals surface area contributed by atoms with Crippen molar-refractivity contribution in [3.63, 3.8) is 0 Å². The molecule has 0 saturated heterocycles. The van der Waals surface area contributed by atoms with E-state index in [1.54, 1.807) is 16.7 Å². The van der Waals surface area contributed by atoms with Gasteiger partial charge in [-0.25, -0.2) is 0 Å². The molecule has 1 aromatic heterocycles. The van der Waals surface area contributed by atoms with Gasteiger partial charge in [0, 0.05) is 28.4 Å². The molecule has 0 radical (unpaired) electrons. The van der Waals surface area contributed by atoms with Crippen molar-refractivity contribution in [1.82, 2.24) is 4.57 Å². The molecule has 1 heterocycles. The number of nitrogens with zero attached hydrogens (tertiary/aromatic N) is 1. The van der Waals surface area contributed by atoms with E-state index >= 15 is 0 Å². The number of rotatable bonds is 20. The summed E-state index contributed by atoms with van der Waals surface area (Å²) in [7, 11) is 0. The van der Waals surface area contributed by atoms with Crippen LogP contribution < -0.4 is 0 Å². The lowest BCUT2D eigenvalue weighted by atomic mass is 9.48. The zero-order valence-corrected chi connectivity index (χ0v) is 40.7. The Morgan fingerprint density at radius 3 is 1.42 bits per heavy atom. The monoisotopic (exact) mass is 828 g/mol. The zero-order valence-electron chi connectivity index (χ0n) is 40.7. The van der Waals surface area contributed by atoms with Crippen LogP contribution in [-0.2, 0) is 38.6 Å². The lowest BCUT2D eigenvalue weighted by Crippen LogP contribution is -2.46. The first-order valence-corrected chi connectivity index (χ1v) is 24.8. The van der Waals surface area contributed by atoms with E-state index in [0.29, 0.717) is 11.8 Å². The van der Waals surface area contributed by atoms with E-state index < -0.39 is 0 Å². The van der Waals surface area contributed by atoms with Crippen molar-refractivity contribution in [2.24, 2.45) is 21.7 Å². The summed E-state index contributed by atoms with van der Waals surface area (Å²) in [4.78, 5) is 0. The molecule has 1 nitrogen and oxygen atoms in total. The molecule has 0 fully saturated rings. The zero-order chi connectivity index (χ0) is 44.1. The van der Waals surface area contributed by atoms with Gasteiger partial charge in [0.2, 0.25) is 0 Å². The van der Waals surface area contributed by atoms with Crippen LogP contribution in [0.2, 0.25) is 0 Å². The number of unbranched alkanes of at least 4 members (excludes halogenated alkanes) is 6. The minimum absolute atomic E-state index is 0.0192. The Bertz CT molecular complexity index is 2300. The van der Waals surface area contributed by atoms with Gasteiger partial charge in [-0.2, -0.15) is 0 Å². The Kier molecular flexibility index (Phi) is 14.3. The van der Waals surface area contributed by atoms with Gasteiger partial charge in [0.15, 0.2) is 0 Å². The molecular weight excluding hydrogens is 747 g/mol. The average Bonchev–Trinajstić information content (AvgIpc) is 3.53. The highest BCUT2D eigenvalue weighted by atomic mass is 15.0. The molecule has 330 valence electrons. The second kappa shape index (κ2) is 19.3. The predicted molar refractivity (Wildman–Crippen MR) is 271 cm³/mol. The van der Waals surface area contributed by atoms with Gasteiger partial charge in [-0.15, -0.1) is 0 Å². The Morgan fingerprint density at radius 2 is 0.919 bits per heavy atom. The van der Waals surface area contributed by atoms with Crippen LogP contribution in [-0.4, -0.2) is 4.57 Å². The Labute approximate surface area is 378 Å². The smallest absolute Gasteiger partial charge is 0.0491 e. The first-order valence-electron chi connectivity index (χ1n) is 24.8. The van der Waals surface area contributed by atoms with Crippen LogP contribution in [0, 0.1) is 21.7 Å². The normalized spacial score (nSPS) is 14.5. The van der Waals surface area contributed by atoms with Crippen molar-refractivity contribution in [1.29, 1.82) is 0 Å². The maximum atomic E-state index is 2.59. The molecule has 0 saturated carbocycles. The molecule has 0 aliphatic heterocycles. The van der Waals surface area contributed by atoms with E-state index in [9.17, 15) is 0 Å². The van der Waals surface area contributed by atoms with Gasteiger partial charge in [0.25, 0.3) is 0 Å². The van der Waals surface area contributed by atoms with Crippen LogP contribution in [0.25, 0.3) is 21.8 Å². The van der Waals surface area contributed by atoms with Gasteiger partial charge in [0.05, 0.1) is 0 Å². The number of benzene rings is 5. The topological polar surface area (TPSA) is 4.93 Å². The fourth-order valence-electron chi connectivity index (χ4n) is 11.6. The molecule has 0 N–H and O–H groups in total. The highest BCUT2D eigenvalue weighted by Crippen LogP contribution is 2.62. The minimum Gasteiger partial charge on any atom is -0.340 e. The Balaban J connectivity index is 0.955. The van der Waals surface area contributed by atoms with Crippen molar-refractivity contribution in [2.45, 2.75) is 178 Å². The largest absolute Gasteiger partial charge is 0.340 e. The van der Waals surface area contributed by atoms with Crippen molar-refractivity contribution in [2.75, 3.05) is 0 Å². The van der Waals surface area contributed by atoms with Crippen LogP contribution >= 0.6 is 0 Å². The summed E-state index contributed by atoms with van der Waals surface area (Å²) in [5.41, 5.74) is 13.8. The van der Waals surface area contributed by atoms with E-state index in [-0.39, 0.29) is 21.7 Å². The van der Waals surface area contributed by atoms with Gasteiger partial charge in [-0.3, -0.25) is 0 Å². The van der Waals surface area contributed by atoms with Gasteiger partial charge >= 0.3 is 0 Å². The number of aryl methyl sites for hydroxylation is 6. The summed E-state index contributed by atoms with van der Waals surface area (Å²) in [5.74, 6) is 0.836. The van der Waals surface area contributed by atoms with Crippen LogP contribution in [0.15, 0.2) is 115 Å². The number of hydrogen-bond acceptors (Lipinski definition) is 0. The van der Waals surface area contributed by atoms with Crippen LogP contribution in [0.1, 0.15) is 178 Å². The third-order valence-corrected chi connectivity index (χ3v) is 15.5. The second-order valence-corrected chi connectivity index (χ2v) is 22.9. The van der Waals surface area contributed by atoms with E-state index in [0.717, 1.165) is 13.0 Å². The number of aromatic nitrogens is 1. The van der Waals surface area contributed by atoms with Crippen molar-refractivity contribution in [3.8, 4) is 0 Å². The summed E-state index contributed by atoms with van der Waals surface area (Å²) in [5, 5.41) is 2.73. The van der Waals surface area contributed by atoms with Gasteiger partial charge < -0.3 is 4.57 Å². The SMILES string of the molecule is CC(C)(C)CC(c1ccc(CCCCCCCCc2ccc3c(c2)CC3)cc1)C(C)(C)C(C)(C)C(c1ccc(CCCCn2c3ccccc3c3ccccc32)cc1)C(C)(C)C. The molecule has 1 heteroatoms. The fraction of sp³-hybridized carbons (Fsp3) is 0.508. The summed E-state index contributed by atoms with van der Waals surface area (Å²) in [6, 6.07) is 44.8. The molecule has 0 bridgehead atoms. The van der Waals surface area contributed by atoms with Crippen molar-refractivity contribution in [3.05, 3.63) is 154 Å². The molecule has 1 aliphatic carbocycles. The molecule has 5 aromatic carbocycles. The van der Waals surface area contributed by atoms with Gasteiger partial charge in [0.1, 0.15) is 0 Å². The van der Waals surface area contributed by atoms with E-state index in [2.05, 4.69) is 189 Å². The quantitative estimate of drug-likeness (QED) is 0.0676.